The second-order valence-electron chi connectivity index (χ2n) is 2.95. The average Bonchev–Trinajstić information content (AvgIpc) is 2.17. The van der Waals surface area contributed by atoms with Gasteiger partial charge in [-0.15, -0.1) is 0 Å². The molecule has 1 rings (SSSR count). The molecule has 1 aromatic heterocycles. The Balaban J connectivity index is 2.85. The molecule has 1 heterocycles. The van der Waals surface area contributed by atoms with Crippen LogP contribution < -0.4 is 4.18 Å². The molecule has 82 valence electrons. The van der Waals surface area contributed by atoms with Crippen molar-refractivity contribution >= 4 is 16.2 Å². The Morgan fingerprint density at radius 2 is 2.27 bits per heavy atom. The Hall–Kier alpha value is -1.36. The summed E-state index contributed by atoms with van der Waals surface area (Å²) >= 11 is 0. The van der Waals surface area contributed by atoms with Crippen LogP contribution in [0.2, 0.25) is 0 Å². The molecule has 0 N–H and O–H groups in total. The van der Waals surface area contributed by atoms with E-state index < -0.39 is 10.1 Å². The van der Waals surface area contributed by atoms with Crippen molar-refractivity contribution in [3.05, 3.63) is 30.5 Å². The molecule has 0 aromatic carbocycles. The summed E-state index contributed by atoms with van der Waals surface area (Å²) in [7, 11) is -3.51. The smallest absolute Gasteiger partial charge is 0.310 e. The van der Waals surface area contributed by atoms with E-state index in [2.05, 4.69) is 11.6 Å². The van der Waals surface area contributed by atoms with E-state index in [1.165, 1.54) is 12.1 Å². The molecular weight excluding hydrogens is 214 g/mol. The first-order chi connectivity index (χ1) is 7.07. The van der Waals surface area contributed by atoms with E-state index in [9.17, 15) is 8.42 Å². The molecule has 0 aliphatic carbocycles. The van der Waals surface area contributed by atoms with Crippen molar-refractivity contribution in [1.82, 2.24) is 4.98 Å². The number of hydrogen-bond acceptors (Lipinski definition) is 4. The molecule has 0 amide bonds. The summed E-state index contributed by atoms with van der Waals surface area (Å²) in [5.74, 6) is 0.0772. The first-order valence-corrected chi connectivity index (χ1v) is 6.17. The van der Waals surface area contributed by atoms with E-state index in [4.69, 9.17) is 4.18 Å². The molecule has 15 heavy (non-hydrogen) atoms. The van der Waals surface area contributed by atoms with Gasteiger partial charge in [0.2, 0.25) is 5.88 Å². The fraction of sp³-hybridized carbons (Fsp3) is 0.300. The Morgan fingerprint density at radius 3 is 2.87 bits per heavy atom. The highest BCUT2D eigenvalue weighted by Crippen LogP contribution is 2.11. The van der Waals surface area contributed by atoms with Crippen LogP contribution in [0.25, 0.3) is 6.08 Å². The summed E-state index contributed by atoms with van der Waals surface area (Å²) in [5.41, 5.74) is 0.583. The van der Waals surface area contributed by atoms with Crippen LogP contribution in [0.3, 0.4) is 0 Å². The fourth-order valence-corrected chi connectivity index (χ4v) is 1.95. The van der Waals surface area contributed by atoms with Crippen LogP contribution in [0, 0.1) is 0 Å². The highest BCUT2D eigenvalue weighted by atomic mass is 32.2. The molecule has 4 nitrogen and oxygen atoms in total. The van der Waals surface area contributed by atoms with Crippen LogP contribution in [-0.4, -0.2) is 19.2 Å². The second kappa shape index (κ2) is 4.93. The molecule has 0 saturated carbocycles. The Bertz CT molecular complexity index is 440. The minimum atomic E-state index is -3.51. The summed E-state index contributed by atoms with van der Waals surface area (Å²) in [6.45, 7) is 5.31. The van der Waals surface area contributed by atoms with Gasteiger partial charge in [0.1, 0.15) is 0 Å². The lowest BCUT2D eigenvalue weighted by Crippen LogP contribution is -2.13. The van der Waals surface area contributed by atoms with Crippen molar-refractivity contribution in [2.75, 3.05) is 5.75 Å². The normalized spacial score (nSPS) is 11.0. The van der Waals surface area contributed by atoms with Crippen LogP contribution in [0.4, 0.5) is 0 Å². The monoisotopic (exact) mass is 227 g/mol. The van der Waals surface area contributed by atoms with Crippen LogP contribution in [0.15, 0.2) is 24.8 Å². The van der Waals surface area contributed by atoms with Gasteiger partial charge in [-0.05, 0) is 18.6 Å². The Morgan fingerprint density at radius 1 is 1.53 bits per heavy atom. The summed E-state index contributed by atoms with van der Waals surface area (Å²) in [6, 6.07) is 4.88. The van der Waals surface area contributed by atoms with Crippen LogP contribution >= 0.6 is 0 Å². The molecule has 0 unspecified atom stereocenters. The first-order valence-electron chi connectivity index (χ1n) is 4.59. The van der Waals surface area contributed by atoms with Gasteiger partial charge in [0, 0.05) is 6.07 Å². The van der Waals surface area contributed by atoms with Gasteiger partial charge in [0.25, 0.3) is 0 Å². The Kier molecular flexibility index (Phi) is 3.85. The quantitative estimate of drug-likeness (QED) is 0.720. The van der Waals surface area contributed by atoms with Gasteiger partial charge >= 0.3 is 10.1 Å². The number of aromatic nitrogens is 1. The molecule has 0 spiro atoms. The maximum Gasteiger partial charge on any atom is 0.310 e. The van der Waals surface area contributed by atoms with E-state index in [1.807, 2.05) is 0 Å². The lowest BCUT2D eigenvalue weighted by Gasteiger charge is -2.04. The predicted molar refractivity (Wildman–Crippen MR) is 59.0 cm³/mol. The van der Waals surface area contributed by atoms with E-state index in [-0.39, 0.29) is 11.6 Å². The average molecular weight is 227 g/mol. The summed E-state index contributed by atoms with van der Waals surface area (Å²) < 4.78 is 27.4. The molecule has 0 bridgehead atoms. The number of nitrogens with zero attached hydrogens (tertiary/aromatic N) is 1. The van der Waals surface area contributed by atoms with Gasteiger partial charge in [-0.25, -0.2) is 4.98 Å². The van der Waals surface area contributed by atoms with Crippen molar-refractivity contribution in [1.29, 1.82) is 0 Å². The van der Waals surface area contributed by atoms with Crippen molar-refractivity contribution < 1.29 is 12.6 Å². The van der Waals surface area contributed by atoms with Gasteiger partial charge in [0.05, 0.1) is 11.4 Å². The van der Waals surface area contributed by atoms with Gasteiger partial charge in [-0.3, -0.25) is 0 Å². The van der Waals surface area contributed by atoms with Gasteiger partial charge in [-0.1, -0.05) is 19.6 Å². The van der Waals surface area contributed by atoms with Gasteiger partial charge in [-0.2, -0.15) is 8.42 Å². The molecule has 0 aliphatic heterocycles. The summed E-state index contributed by atoms with van der Waals surface area (Å²) in [6.07, 6.45) is 2.04. The summed E-state index contributed by atoms with van der Waals surface area (Å²) in [4.78, 5) is 3.94. The van der Waals surface area contributed by atoms with Gasteiger partial charge < -0.3 is 4.18 Å². The second-order valence-corrected chi connectivity index (χ2v) is 4.64. The van der Waals surface area contributed by atoms with Crippen LogP contribution in [-0.2, 0) is 10.1 Å². The minimum absolute atomic E-state index is 0.00695. The number of pyridine rings is 1. The molecular formula is C10H13NO3S. The van der Waals surface area contributed by atoms with Crippen molar-refractivity contribution in [3.63, 3.8) is 0 Å². The largest absolute Gasteiger partial charge is 0.362 e. The van der Waals surface area contributed by atoms with E-state index in [0.717, 1.165) is 0 Å². The predicted octanol–water partition coefficient (Wildman–Crippen LogP) is 1.84. The molecule has 5 heteroatoms. The Labute approximate surface area is 89.7 Å². The zero-order valence-corrected chi connectivity index (χ0v) is 9.33. The highest BCUT2D eigenvalue weighted by Gasteiger charge is 2.11. The standard InChI is InChI=1S/C10H13NO3S/c1-3-8-15(12,13)14-10-7-5-6-9(4-2)11-10/h4-7H,2-3,8H2,1H3. The molecule has 0 radical (unpaired) electrons. The highest BCUT2D eigenvalue weighted by molar-refractivity contribution is 7.87. The van der Waals surface area contributed by atoms with Crippen molar-refractivity contribution in [2.45, 2.75) is 13.3 Å². The minimum Gasteiger partial charge on any atom is -0.362 e. The van der Waals surface area contributed by atoms with Crippen LogP contribution in [0.1, 0.15) is 19.0 Å². The van der Waals surface area contributed by atoms with E-state index in [0.29, 0.717) is 12.1 Å². The zero-order chi connectivity index (χ0) is 11.3. The lowest BCUT2D eigenvalue weighted by atomic mass is 10.3. The van der Waals surface area contributed by atoms with E-state index in [1.54, 1.807) is 19.1 Å². The fourth-order valence-electron chi connectivity index (χ4n) is 1.01. The third kappa shape index (κ3) is 3.71. The van der Waals surface area contributed by atoms with E-state index >= 15 is 0 Å². The first kappa shape index (κ1) is 11.7. The molecule has 0 aliphatic rings. The molecule has 0 saturated heterocycles. The SMILES string of the molecule is C=Cc1cccc(OS(=O)(=O)CCC)n1. The maximum absolute atomic E-state index is 11.3. The third-order valence-electron chi connectivity index (χ3n) is 1.62. The molecule has 1 aromatic rings. The van der Waals surface area contributed by atoms with Crippen LogP contribution in [0.5, 0.6) is 5.88 Å². The lowest BCUT2D eigenvalue weighted by molar-refractivity contribution is 0.475. The summed E-state index contributed by atoms with van der Waals surface area (Å²) in [5, 5.41) is 0. The third-order valence-corrected chi connectivity index (χ3v) is 2.95. The zero-order valence-electron chi connectivity index (χ0n) is 8.51. The number of hydrogen-bond donors (Lipinski definition) is 0. The topological polar surface area (TPSA) is 56.3 Å². The van der Waals surface area contributed by atoms with Crippen molar-refractivity contribution in [3.8, 4) is 5.88 Å². The molecule has 0 atom stereocenters. The molecule has 0 fully saturated rings. The van der Waals surface area contributed by atoms with Gasteiger partial charge in [0.15, 0.2) is 0 Å². The maximum atomic E-state index is 11.3. The number of rotatable bonds is 5. The van der Waals surface area contributed by atoms with Crippen molar-refractivity contribution in [2.24, 2.45) is 0 Å².